The first-order valence-corrected chi connectivity index (χ1v) is 7.26. The van der Waals surface area contributed by atoms with Crippen LogP contribution >= 0.6 is 0 Å². The molecule has 2 aliphatic rings. The van der Waals surface area contributed by atoms with E-state index in [1.807, 2.05) is 7.05 Å². The highest BCUT2D eigenvalue weighted by atomic mass is 16.3. The van der Waals surface area contributed by atoms with Gasteiger partial charge in [-0.2, -0.15) is 0 Å². The fraction of sp³-hybridized carbons (Fsp3) is 1.00. The van der Waals surface area contributed by atoms with E-state index in [0.717, 1.165) is 12.5 Å². The quantitative estimate of drug-likeness (QED) is 0.707. The van der Waals surface area contributed by atoms with Gasteiger partial charge in [-0.15, -0.1) is 0 Å². The molecule has 0 spiro atoms. The molecule has 17 heavy (non-hydrogen) atoms. The van der Waals surface area contributed by atoms with Crippen molar-refractivity contribution in [3.05, 3.63) is 0 Å². The first-order valence-electron chi connectivity index (χ1n) is 7.26. The highest BCUT2D eigenvalue weighted by Gasteiger charge is 2.45. The molecule has 0 radical (unpaired) electrons. The van der Waals surface area contributed by atoms with Gasteiger partial charge in [0, 0.05) is 13.1 Å². The summed E-state index contributed by atoms with van der Waals surface area (Å²) in [6.45, 7) is 6.05. The van der Waals surface area contributed by atoms with E-state index in [-0.39, 0.29) is 12.1 Å². The van der Waals surface area contributed by atoms with Crippen molar-refractivity contribution >= 4 is 0 Å². The van der Waals surface area contributed by atoms with E-state index in [9.17, 15) is 5.11 Å². The topological polar surface area (TPSA) is 35.5 Å². The Kier molecular flexibility index (Phi) is 4.45. The summed E-state index contributed by atoms with van der Waals surface area (Å²) in [5.74, 6) is 1.59. The van der Waals surface area contributed by atoms with Crippen LogP contribution in [0.15, 0.2) is 0 Å². The van der Waals surface area contributed by atoms with Gasteiger partial charge in [0.25, 0.3) is 0 Å². The molecule has 100 valence electrons. The molecule has 0 bridgehead atoms. The van der Waals surface area contributed by atoms with Crippen molar-refractivity contribution in [1.82, 2.24) is 10.2 Å². The van der Waals surface area contributed by atoms with Crippen LogP contribution < -0.4 is 5.32 Å². The molecule has 2 atom stereocenters. The number of likely N-dealkylation sites (N-methyl/N-ethyl adjacent to an activating group) is 1. The zero-order valence-corrected chi connectivity index (χ0v) is 11.4. The molecule has 1 aliphatic carbocycles. The Morgan fingerprint density at radius 2 is 2.12 bits per heavy atom. The highest BCUT2D eigenvalue weighted by molar-refractivity contribution is 5.02. The molecule has 0 amide bonds. The minimum atomic E-state index is -0.0267. The highest BCUT2D eigenvalue weighted by Crippen LogP contribution is 2.40. The molecule has 1 saturated carbocycles. The molecule has 1 saturated heterocycles. The second-order valence-corrected chi connectivity index (χ2v) is 6.02. The van der Waals surface area contributed by atoms with Crippen molar-refractivity contribution in [3.8, 4) is 0 Å². The van der Waals surface area contributed by atoms with Crippen LogP contribution in [0.5, 0.6) is 0 Å². The lowest BCUT2D eigenvalue weighted by Gasteiger charge is -2.36. The van der Waals surface area contributed by atoms with E-state index >= 15 is 0 Å². The number of aliphatic hydroxyl groups is 1. The van der Waals surface area contributed by atoms with Gasteiger partial charge in [0.05, 0.1) is 12.1 Å². The van der Waals surface area contributed by atoms with Gasteiger partial charge >= 0.3 is 0 Å². The lowest BCUT2D eigenvalue weighted by Crippen LogP contribution is -2.56. The number of aliphatic hydroxyl groups excluding tert-OH is 1. The van der Waals surface area contributed by atoms with Crippen molar-refractivity contribution in [1.29, 1.82) is 0 Å². The number of hydrogen-bond acceptors (Lipinski definition) is 3. The van der Waals surface area contributed by atoms with Crippen molar-refractivity contribution in [2.24, 2.45) is 11.8 Å². The van der Waals surface area contributed by atoms with E-state index < -0.39 is 0 Å². The summed E-state index contributed by atoms with van der Waals surface area (Å²) in [5, 5.41) is 13.1. The monoisotopic (exact) mass is 240 g/mol. The smallest absolute Gasteiger partial charge is 0.0628 e. The Morgan fingerprint density at radius 1 is 1.35 bits per heavy atom. The molecule has 3 nitrogen and oxygen atoms in total. The molecule has 0 aromatic carbocycles. The standard InChI is InChI=1S/C14H28N2O/c1-3-4-12-7-8-16(9-12)10-14(11-17,15-2)13-5-6-13/h12-13,15,17H,3-11H2,1-2H3. The molecule has 1 aliphatic heterocycles. The molecular formula is C14H28N2O. The molecule has 2 N–H and O–H groups in total. The minimum absolute atomic E-state index is 0.0267. The minimum Gasteiger partial charge on any atom is -0.394 e. The summed E-state index contributed by atoms with van der Waals surface area (Å²) in [4.78, 5) is 2.56. The molecule has 2 unspecified atom stereocenters. The summed E-state index contributed by atoms with van der Waals surface area (Å²) in [5.41, 5.74) is -0.0267. The van der Waals surface area contributed by atoms with E-state index in [0.29, 0.717) is 5.92 Å². The maximum atomic E-state index is 9.73. The van der Waals surface area contributed by atoms with Crippen LogP contribution in [0, 0.1) is 11.8 Å². The predicted octanol–water partition coefficient (Wildman–Crippen LogP) is 1.47. The lowest BCUT2D eigenvalue weighted by molar-refractivity contribution is 0.105. The second-order valence-electron chi connectivity index (χ2n) is 6.02. The largest absolute Gasteiger partial charge is 0.394 e. The Morgan fingerprint density at radius 3 is 2.65 bits per heavy atom. The number of nitrogens with one attached hydrogen (secondary N) is 1. The zero-order valence-electron chi connectivity index (χ0n) is 11.4. The van der Waals surface area contributed by atoms with Gasteiger partial charge in [-0.25, -0.2) is 0 Å². The Balaban J connectivity index is 1.86. The van der Waals surface area contributed by atoms with Gasteiger partial charge < -0.3 is 15.3 Å². The first-order chi connectivity index (χ1) is 8.24. The van der Waals surface area contributed by atoms with E-state index in [4.69, 9.17) is 0 Å². The third-order valence-corrected chi connectivity index (χ3v) is 4.71. The van der Waals surface area contributed by atoms with Crippen LogP contribution in [-0.2, 0) is 0 Å². The number of hydrogen-bond donors (Lipinski definition) is 2. The van der Waals surface area contributed by atoms with Crippen LogP contribution in [0.3, 0.4) is 0 Å². The second kappa shape index (κ2) is 5.68. The van der Waals surface area contributed by atoms with Gasteiger partial charge in [-0.3, -0.25) is 0 Å². The summed E-state index contributed by atoms with van der Waals surface area (Å²) in [6.07, 6.45) is 6.59. The summed E-state index contributed by atoms with van der Waals surface area (Å²) in [7, 11) is 2.01. The third-order valence-electron chi connectivity index (χ3n) is 4.71. The number of nitrogens with zero attached hydrogens (tertiary/aromatic N) is 1. The van der Waals surface area contributed by atoms with Gasteiger partial charge in [-0.05, 0) is 51.1 Å². The third kappa shape index (κ3) is 3.01. The van der Waals surface area contributed by atoms with Crippen LogP contribution in [0.1, 0.15) is 39.0 Å². The van der Waals surface area contributed by atoms with E-state index in [1.54, 1.807) is 0 Å². The fourth-order valence-electron chi connectivity index (χ4n) is 3.41. The van der Waals surface area contributed by atoms with Crippen LogP contribution in [0.25, 0.3) is 0 Å². The van der Waals surface area contributed by atoms with Crippen molar-refractivity contribution < 1.29 is 5.11 Å². The van der Waals surface area contributed by atoms with E-state index in [1.165, 1.54) is 45.2 Å². The maximum Gasteiger partial charge on any atom is 0.0628 e. The van der Waals surface area contributed by atoms with Gasteiger partial charge in [0.1, 0.15) is 0 Å². The van der Waals surface area contributed by atoms with Crippen molar-refractivity contribution in [3.63, 3.8) is 0 Å². The molecule has 2 rings (SSSR count). The Hall–Kier alpha value is -0.120. The number of rotatable bonds is 7. The zero-order chi connectivity index (χ0) is 12.3. The number of likely N-dealkylation sites (tertiary alicyclic amines) is 1. The van der Waals surface area contributed by atoms with Crippen molar-refractivity contribution in [2.45, 2.75) is 44.6 Å². The molecule has 1 heterocycles. The molecular weight excluding hydrogens is 212 g/mol. The first kappa shape index (κ1) is 13.3. The fourth-order valence-corrected chi connectivity index (χ4v) is 3.41. The normalized spacial score (nSPS) is 29.5. The van der Waals surface area contributed by atoms with Gasteiger partial charge in [-0.1, -0.05) is 13.3 Å². The van der Waals surface area contributed by atoms with Crippen molar-refractivity contribution in [2.75, 3.05) is 33.3 Å². The van der Waals surface area contributed by atoms with Gasteiger partial charge in [0.2, 0.25) is 0 Å². The Labute approximate surface area is 106 Å². The Bertz CT molecular complexity index is 236. The SMILES string of the molecule is CCCC1CCN(CC(CO)(NC)C2CC2)C1. The maximum absolute atomic E-state index is 9.73. The molecule has 0 aromatic rings. The van der Waals surface area contributed by atoms with Crippen LogP contribution in [0.4, 0.5) is 0 Å². The molecule has 2 fully saturated rings. The molecule has 3 heteroatoms. The van der Waals surface area contributed by atoms with E-state index in [2.05, 4.69) is 17.1 Å². The van der Waals surface area contributed by atoms with Gasteiger partial charge in [0.15, 0.2) is 0 Å². The van der Waals surface area contributed by atoms with Crippen LogP contribution in [-0.4, -0.2) is 48.8 Å². The predicted molar refractivity (Wildman–Crippen MR) is 71.1 cm³/mol. The summed E-state index contributed by atoms with van der Waals surface area (Å²) < 4.78 is 0. The average Bonchev–Trinajstić information content (AvgIpc) is 3.11. The molecule has 0 aromatic heterocycles. The average molecular weight is 240 g/mol. The lowest BCUT2D eigenvalue weighted by atomic mass is 9.93. The summed E-state index contributed by atoms with van der Waals surface area (Å²) >= 11 is 0. The summed E-state index contributed by atoms with van der Waals surface area (Å²) in [6, 6.07) is 0. The van der Waals surface area contributed by atoms with Crippen LogP contribution in [0.2, 0.25) is 0 Å².